The van der Waals surface area contributed by atoms with Crippen molar-refractivity contribution in [3.05, 3.63) is 0 Å². The fourth-order valence-electron chi connectivity index (χ4n) is 2.20. The highest BCUT2D eigenvalue weighted by atomic mass is 32.2. The number of rotatable bonds is 15. The molecule has 0 spiro atoms. The molecule has 0 amide bonds. The van der Waals surface area contributed by atoms with Crippen molar-refractivity contribution in [2.45, 2.75) is 96.2 Å². The molecule has 0 bridgehead atoms. The molecule has 0 aromatic carbocycles. The predicted molar refractivity (Wildman–Crippen MR) is 95.3 cm³/mol. The normalized spacial score (nSPS) is 13.1. The average molecular weight is 353 g/mol. The number of alkyl halides is 2. The first-order valence-corrected chi connectivity index (χ1v) is 10.1. The van der Waals surface area contributed by atoms with Crippen LogP contribution in [0.25, 0.3) is 0 Å². The summed E-state index contributed by atoms with van der Waals surface area (Å²) in [4.78, 5) is 12.1. The topological polar surface area (TPSA) is 26.3 Å². The van der Waals surface area contributed by atoms with Crippen molar-refractivity contribution in [3.63, 3.8) is 0 Å². The molecule has 0 saturated heterocycles. The van der Waals surface area contributed by atoms with E-state index in [4.69, 9.17) is 4.74 Å². The minimum atomic E-state index is -2.56. The van der Waals surface area contributed by atoms with E-state index in [0.29, 0.717) is 13.0 Å². The van der Waals surface area contributed by atoms with E-state index < -0.39 is 5.92 Å². The molecule has 0 aromatic heterocycles. The number of ether oxygens (including phenoxy) is 1. The summed E-state index contributed by atoms with van der Waals surface area (Å²) in [7, 11) is 0. The largest absolute Gasteiger partial charge is 0.465 e. The van der Waals surface area contributed by atoms with Gasteiger partial charge in [-0.3, -0.25) is 4.79 Å². The molecule has 0 aromatic rings. The third-order valence-corrected chi connectivity index (χ3v) is 5.01. The SMILES string of the molecule is CCCCCC(SCCCCCC(C)(F)F)C(=O)OCCCC. The van der Waals surface area contributed by atoms with E-state index in [0.717, 1.165) is 64.0 Å². The quantitative estimate of drug-likeness (QED) is 0.258. The van der Waals surface area contributed by atoms with Gasteiger partial charge in [-0.2, -0.15) is 0 Å². The minimum absolute atomic E-state index is 0.0450. The van der Waals surface area contributed by atoms with Crippen LogP contribution in [-0.4, -0.2) is 29.5 Å². The summed E-state index contributed by atoms with van der Waals surface area (Å²) in [6.07, 6.45) is 8.26. The van der Waals surface area contributed by atoms with Gasteiger partial charge in [-0.1, -0.05) is 46.0 Å². The van der Waals surface area contributed by atoms with Crippen LogP contribution in [0.1, 0.15) is 85.0 Å². The van der Waals surface area contributed by atoms with Gasteiger partial charge >= 0.3 is 5.97 Å². The lowest BCUT2D eigenvalue weighted by molar-refractivity contribution is -0.143. The van der Waals surface area contributed by atoms with E-state index in [9.17, 15) is 13.6 Å². The zero-order valence-electron chi connectivity index (χ0n) is 15.0. The second kappa shape index (κ2) is 14.1. The van der Waals surface area contributed by atoms with Crippen molar-refractivity contribution in [1.29, 1.82) is 0 Å². The molecule has 1 unspecified atom stereocenters. The molecular formula is C18H34F2O2S. The second-order valence-corrected chi connectivity index (χ2v) is 7.57. The van der Waals surface area contributed by atoms with Gasteiger partial charge in [-0.15, -0.1) is 11.8 Å². The summed E-state index contributed by atoms with van der Waals surface area (Å²) in [5, 5.41) is -0.0916. The Bertz CT molecular complexity index is 293. The number of unbranched alkanes of at least 4 members (excludes halogenated alkanes) is 5. The standard InChI is InChI=1S/C18H34F2O2S/c1-4-6-9-12-16(17(21)22-14-7-5-2)23-15-11-8-10-13-18(3,19)20/h16H,4-15H2,1-3H3. The molecule has 0 aliphatic carbocycles. The molecular weight excluding hydrogens is 318 g/mol. The number of carbonyl (C=O) groups excluding carboxylic acids is 1. The number of hydrogen-bond donors (Lipinski definition) is 0. The van der Waals surface area contributed by atoms with Crippen molar-refractivity contribution in [2.75, 3.05) is 12.4 Å². The van der Waals surface area contributed by atoms with Gasteiger partial charge in [-0.25, -0.2) is 8.78 Å². The van der Waals surface area contributed by atoms with Crippen LogP contribution in [0.2, 0.25) is 0 Å². The zero-order chi connectivity index (χ0) is 17.6. The monoisotopic (exact) mass is 352 g/mol. The van der Waals surface area contributed by atoms with Gasteiger partial charge in [0.15, 0.2) is 0 Å². The maximum Gasteiger partial charge on any atom is 0.319 e. The molecule has 1 atom stereocenters. The lowest BCUT2D eigenvalue weighted by atomic mass is 10.1. The van der Waals surface area contributed by atoms with Crippen LogP contribution in [0.3, 0.4) is 0 Å². The third kappa shape index (κ3) is 15.0. The smallest absolute Gasteiger partial charge is 0.319 e. The Morgan fingerprint density at radius 3 is 2.35 bits per heavy atom. The Labute approximate surface area is 145 Å². The number of hydrogen-bond acceptors (Lipinski definition) is 3. The van der Waals surface area contributed by atoms with Gasteiger partial charge in [0.25, 0.3) is 0 Å². The molecule has 0 N–H and O–H groups in total. The number of esters is 1. The molecule has 138 valence electrons. The zero-order valence-corrected chi connectivity index (χ0v) is 15.9. The Kier molecular flexibility index (Phi) is 13.9. The van der Waals surface area contributed by atoms with Crippen molar-refractivity contribution in [2.24, 2.45) is 0 Å². The number of thioether (sulfide) groups is 1. The molecule has 0 fully saturated rings. The van der Waals surface area contributed by atoms with Gasteiger partial charge in [0.1, 0.15) is 5.25 Å². The van der Waals surface area contributed by atoms with E-state index >= 15 is 0 Å². The molecule has 0 saturated carbocycles. The highest BCUT2D eigenvalue weighted by molar-refractivity contribution is 8.00. The minimum Gasteiger partial charge on any atom is -0.465 e. The summed E-state index contributed by atoms with van der Waals surface area (Å²) in [6.45, 7) is 5.69. The van der Waals surface area contributed by atoms with E-state index in [-0.39, 0.29) is 17.6 Å². The van der Waals surface area contributed by atoms with Gasteiger partial charge in [0.05, 0.1) is 6.61 Å². The van der Waals surface area contributed by atoms with Crippen molar-refractivity contribution >= 4 is 17.7 Å². The van der Waals surface area contributed by atoms with E-state index in [1.807, 2.05) is 0 Å². The molecule has 5 heteroatoms. The van der Waals surface area contributed by atoms with E-state index in [1.54, 1.807) is 11.8 Å². The molecule has 2 nitrogen and oxygen atoms in total. The molecule has 0 rings (SSSR count). The average Bonchev–Trinajstić information content (AvgIpc) is 2.48. The van der Waals surface area contributed by atoms with Crippen molar-refractivity contribution in [1.82, 2.24) is 0 Å². The summed E-state index contributed by atoms with van der Waals surface area (Å²) >= 11 is 1.63. The Balaban J connectivity index is 3.97. The highest BCUT2D eigenvalue weighted by Gasteiger charge is 2.21. The predicted octanol–water partition coefficient (Wildman–Crippen LogP) is 6.23. The molecule has 0 heterocycles. The second-order valence-electron chi connectivity index (χ2n) is 6.26. The van der Waals surface area contributed by atoms with Crippen LogP contribution in [0.4, 0.5) is 8.78 Å². The van der Waals surface area contributed by atoms with Crippen LogP contribution < -0.4 is 0 Å². The van der Waals surface area contributed by atoms with Crippen molar-refractivity contribution < 1.29 is 18.3 Å². The number of halogens is 2. The van der Waals surface area contributed by atoms with Crippen LogP contribution in [0.15, 0.2) is 0 Å². The highest BCUT2D eigenvalue weighted by Crippen LogP contribution is 2.23. The maximum absolute atomic E-state index is 12.7. The van der Waals surface area contributed by atoms with Gasteiger partial charge in [0, 0.05) is 6.42 Å². The lowest BCUT2D eigenvalue weighted by Gasteiger charge is -2.16. The molecule has 0 aliphatic rings. The molecule has 23 heavy (non-hydrogen) atoms. The summed E-state index contributed by atoms with van der Waals surface area (Å²) in [5.41, 5.74) is 0. The van der Waals surface area contributed by atoms with Crippen LogP contribution >= 0.6 is 11.8 Å². The van der Waals surface area contributed by atoms with E-state index in [2.05, 4.69) is 13.8 Å². The fraction of sp³-hybridized carbons (Fsp3) is 0.944. The van der Waals surface area contributed by atoms with Crippen LogP contribution in [0.5, 0.6) is 0 Å². The third-order valence-electron chi connectivity index (χ3n) is 3.65. The molecule has 0 radical (unpaired) electrons. The fourth-order valence-corrected chi connectivity index (χ4v) is 3.39. The first kappa shape index (κ1) is 22.7. The summed E-state index contributed by atoms with van der Waals surface area (Å²) in [5.74, 6) is -1.81. The summed E-state index contributed by atoms with van der Waals surface area (Å²) < 4.78 is 30.8. The van der Waals surface area contributed by atoms with Gasteiger partial charge in [0.2, 0.25) is 5.92 Å². The van der Waals surface area contributed by atoms with Crippen LogP contribution in [-0.2, 0) is 9.53 Å². The first-order valence-electron chi connectivity index (χ1n) is 9.06. The maximum atomic E-state index is 12.7. The van der Waals surface area contributed by atoms with Gasteiger partial charge in [-0.05, 0) is 38.4 Å². The van der Waals surface area contributed by atoms with Crippen molar-refractivity contribution in [3.8, 4) is 0 Å². The van der Waals surface area contributed by atoms with Crippen LogP contribution in [0, 0.1) is 0 Å². The Morgan fingerprint density at radius 1 is 1.04 bits per heavy atom. The first-order chi connectivity index (χ1) is 10.9. The molecule has 0 aliphatic heterocycles. The Hall–Kier alpha value is -0.320. The number of carbonyl (C=O) groups is 1. The Morgan fingerprint density at radius 2 is 1.74 bits per heavy atom. The van der Waals surface area contributed by atoms with E-state index in [1.165, 1.54) is 0 Å². The lowest BCUT2D eigenvalue weighted by Crippen LogP contribution is -2.21. The summed E-state index contributed by atoms with van der Waals surface area (Å²) in [6, 6.07) is 0. The van der Waals surface area contributed by atoms with Gasteiger partial charge < -0.3 is 4.74 Å².